The van der Waals surface area contributed by atoms with E-state index in [1.54, 1.807) is 12.0 Å². The SMILES string of the molecule is CCCCC(C)C(=O)O.Nc1cc(C(F)(F)F)c(=O)[nH]n1. The van der Waals surface area contributed by atoms with E-state index >= 15 is 0 Å². The van der Waals surface area contributed by atoms with Crippen LogP contribution in [0.25, 0.3) is 0 Å². The molecule has 9 heteroatoms. The van der Waals surface area contributed by atoms with Crippen LogP contribution in [0.15, 0.2) is 10.9 Å². The maximum atomic E-state index is 11.9. The van der Waals surface area contributed by atoms with Crippen LogP contribution in [0.2, 0.25) is 0 Å². The van der Waals surface area contributed by atoms with Gasteiger partial charge in [-0.15, -0.1) is 0 Å². The normalized spacial score (nSPS) is 12.2. The fourth-order valence-corrected chi connectivity index (χ4v) is 1.27. The highest BCUT2D eigenvalue weighted by atomic mass is 19.4. The molecule has 120 valence electrons. The van der Waals surface area contributed by atoms with Crippen molar-refractivity contribution in [1.29, 1.82) is 0 Å². The van der Waals surface area contributed by atoms with E-state index in [4.69, 9.17) is 10.8 Å². The summed E-state index contributed by atoms with van der Waals surface area (Å²) in [6, 6.07) is 0.485. The minimum atomic E-state index is -4.69. The van der Waals surface area contributed by atoms with E-state index in [0.717, 1.165) is 19.3 Å². The van der Waals surface area contributed by atoms with Crippen LogP contribution < -0.4 is 11.3 Å². The van der Waals surface area contributed by atoms with Crippen LogP contribution in [-0.4, -0.2) is 21.3 Å². The van der Waals surface area contributed by atoms with Gasteiger partial charge in [0.1, 0.15) is 11.4 Å². The number of nitrogens with two attached hydrogens (primary N) is 1. The van der Waals surface area contributed by atoms with Crippen molar-refractivity contribution in [2.24, 2.45) is 5.92 Å². The second kappa shape index (κ2) is 8.28. The minimum absolute atomic E-state index is 0.162. The summed E-state index contributed by atoms with van der Waals surface area (Å²) in [6.07, 6.45) is -1.78. The Morgan fingerprint density at radius 2 is 2.10 bits per heavy atom. The molecule has 1 heterocycles. The van der Waals surface area contributed by atoms with Gasteiger partial charge < -0.3 is 10.8 Å². The summed E-state index contributed by atoms with van der Waals surface area (Å²) in [5.74, 6) is -1.21. The number of carbonyl (C=O) groups is 1. The molecule has 0 aliphatic heterocycles. The molecule has 0 aromatic carbocycles. The number of nitrogen functional groups attached to an aromatic ring is 1. The maximum Gasteiger partial charge on any atom is 0.421 e. The molecule has 21 heavy (non-hydrogen) atoms. The molecule has 0 saturated heterocycles. The number of rotatable bonds is 4. The van der Waals surface area contributed by atoms with Crippen molar-refractivity contribution in [2.75, 3.05) is 5.73 Å². The molecular weight excluding hydrogens is 291 g/mol. The number of hydrogen-bond acceptors (Lipinski definition) is 4. The Morgan fingerprint density at radius 1 is 1.52 bits per heavy atom. The van der Waals surface area contributed by atoms with Gasteiger partial charge in [-0.2, -0.15) is 18.3 Å². The number of carboxylic acid groups (broad SMARTS) is 1. The van der Waals surface area contributed by atoms with Crippen molar-refractivity contribution in [2.45, 2.75) is 39.3 Å². The number of alkyl halides is 3. The van der Waals surface area contributed by atoms with Gasteiger partial charge in [0.25, 0.3) is 5.56 Å². The van der Waals surface area contributed by atoms with E-state index in [9.17, 15) is 22.8 Å². The Bertz CT molecular complexity index is 514. The predicted molar refractivity (Wildman–Crippen MR) is 70.6 cm³/mol. The second-order valence-corrected chi connectivity index (χ2v) is 4.41. The first-order chi connectivity index (χ1) is 9.59. The number of hydrogen-bond donors (Lipinski definition) is 3. The van der Waals surface area contributed by atoms with E-state index in [2.05, 4.69) is 12.0 Å². The molecule has 1 atom stereocenters. The molecule has 0 spiro atoms. The van der Waals surface area contributed by atoms with Gasteiger partial charge in [-0.3, -0.25) is 9.59 Å². The summed E-state index contributed by atoms with van der Waals surface area (Å²) in [7, 11) is 0. The highest BCUT2D eigenvalue weighted by molar-refractivity contribution is 5.69. The molecule has 1 rings (SSSR count). The largest absolute Gasteiger partial charge is 0.481 e. The number of nitrogens with one attached hydrogen (secondary N) is 1. The number of anilines is 1. The lowest BCUT2D eigenvalue weighted by atomic mass is 10.1. The van der Waals surface area contributed by atoms with Gasteiger partial charge in [0, 0.05) is 0 Å². The highest BCUT2D eigenvalue weighted by Gasteiger charge is 2.34. The molecule has 0 aliphatic carbocycles. The van der Waals surface area contributed by atoms with Crippen LogP contribution >= 0.6 is 0 Å². The quantitative estimate of drug-likeness (QED) is 0.790. The second-order valence-electron chi connectivity index (χ2n) is 4.41. The Kier molecular flexibility index (Phi) is 7.46. The highest BCUT2D eigenvalue weighted by Crippen LogP contribution is 2.26. The lowest BCUT2D eigenvalue weighted by Crippen LogP contribution is -2.22. The molecule has 1 aromatic rings. The number of aliphatic carboxylic acids is 1. The molecule has 0 bridgehead atoms. The van der Waals surface area contributed by atoms with E-state index in [-0.39, 0.29) is 11.7 Å². The Labute approximate surface area is 119 Å². The third kappa shape index (κ3) is 7.33. The first-order valence-electron chi connectivity index (χ1n) is 6.24. The van der Waals surface area contributed by atoms with Crippen molar-refractivity contribution in [3.8, 4) is 0 Å². The molecule has 6 nitrogen and oxygen atoms in total. The van der Waals surface area contributed by atoms with Gasteiger partial charge >= 0.3 is 12.1 Å². The summed E-state index contributed by atoms with van der Waals surface area (Å²) in [6.45, 7) is 3.81. The number of carboxylic acids is 1. The first-order valence-corrected chi connectivity index (χ1v) is 6.24. The molecule has 0 amide bonds. The van der Waals surface area contributed by atoms with Crippen LogP contribution in [-0.2, 0) is 11.0 Å². The standard InChI is InChI=1S/C7H14O2.C5H4F3N3O/c1-3-4-5-6(2)7(8)9;6-5(7,8)2-1-3(9)10-11-4(2)12/h6H,3-5H2,1-2H3,(H,8,9);1H,(H2,9,10)(H,11,12). The summed E-state index contributed by atoms with van der Waals surface area (Å²) in [4.78, 5) is 20.7. The molecule has 0 radical (unpaired) electrons. The van der Waals surface area contributed by atoms with Crippen LogP contribution in [0.3, 0.4) is 0 Å². The number of aromatic amines is 1. The maximum absolute atomic E-state index is 11.9. The van der Waals surface area contributed by atoms with Gasteiger partial charge in [-0.1, -0.05) is 26.7 Å². The van der Waals surface area contributed by atoms with Crippen LogP contribution in [0.5, 0.6) is 0 Å². The Balaban J connectivity index is 0.000000400. The first kappa shape index (κ1) is 18.9. The van der Waals surface area contributed by atoms with Crippen molar-refractivity contribution in [1.82, 2.24) is 10.2 Å². The number of aromatic nitrogens is 2. The smallest absolute Gasteiger partial charge is 0.421 e. The minimum Gasteiger partial charge on any atom is -0.481 e. The average Bonchev–Trinajstić information content (AvgIpc) is 2.38. The molecule has 0 fully saturated rings. The molecule has 1 aromatic heterocycles. The summed E-state index contributed by atoms with van der Waals surface area (Å²) in [5, 5.41) is 13.1. The molecule has 4 N–H and O–H groups in total. The summed E-state index contributed by atoms with van der Waals surface area (Å²) < 4.78 is 35.8. The third-order valence-corrected chi connectivity index (χ3v) is 2.54. The Hall–Kier alpha value is -2.06. The topological polar surface area (TPSA) is 109 Å². The fraction of sp³-hybridized carbons (Fsp3) is 0.583. The Morgan fingerprint density at radius 3 is 2.48 bits per heavy atom. The summed E-state index contributed by atoms with van der Waals surface area (Å²) in [5.41, 5.74) is 2.31. The molecular formula is C12H18F3N3O3. The van der Waals surface area contributed by atoms with Gasteiger partial charge in [0.15, 0.2) is 0 Å². The van der Waals surface area contributed by atoms with Crippen molar-refractivity contribution < 1.29 is 23.1 Å². The molecule has 0 saturated carbocycles. The van der Waals surface area contributed by atoms with Crippen molar-refractivity contribution in [3.63, 3.8) is 0 Å². The zero-order chi connectivity index (χ0) is 16.6. The van der Waals surface area contributed by atoms with Gasteiger partial charge in [-0.05, 0) is 12.5 Å². The monoisotopic (exact) mass is 309 g/mol. The number of halogens is 3. The molecule has 1 unspecified atom stereocenters. The number of unbranched alkanes of at least 4 members (excludes halogenated alkanes) is 1. The van der Waals surface area contributed by atoms with E-state index in [1.165, 1.54) is 0 Å². The zero-order valence-electron chi connectivity index (χ0n) is 11.7. The van der Waals surface area contributed by atoms with Crippen LogP contribution in [0, 0.1) is 5.92 Å². The third-order valence-electron chi connectivity index (χ3n) is 2.54. The molecule has 0 aliphatic rings. The summed E-state index contributed by atoms with van der Waals surface area (Å²) >= 11 is 0. The lowest BCUT2D eigenvalue weighted by Gasteiger charge is -2.04. The van der Waals surface area contributed by atoms with Gasteiger partial charge in [0.2, 0.25) is 0 Å². The number of H-pyrrole nitrogens is 1. The van der Waals surface area contributed by atoms with E-state index < -0.39 is 23.3 Å². The number of nitrogens with zero attached hydrogens (tertiary/aromatic N) is 1. The van der Waals surface area contributed by atoms with Crippen molar-refractivity contribution in [3.05, 3.63) is 22.0 Å². The van der Waals surface area contributed by atoms with E-state index in [0.29, 0.717) is 6.07 Å². The van der Waals surface area contributed by atoms with E-state index in [1.807, 2.05) is 0 Å². The lowest BCUT2D eigenvalue weighted by molar-refractivity contribution is -0.141. The van der Waals surface area contributed by atoms with Crippen LogP contribution in [0.1, 0.15) is 38.7 Å². The zero-order valence-corrected chi connectivity index (χ0v) is 11.7. The van der Waals surface area contributed by atoms with Gasteiger partial charge in [0.05, 0.1) is 5.92 Å². The van der Waals surface area contributed by atoms with Crippen LogP contribution in [0.4, 0.5) is 19.0 Å². The average molecular weight is 309 g/mol. The fourth-order valence-electron chi connectivity index (χ4n) is 1.27. The predicted octanol–water partition coefficient (Wildman–Crippen LogP) is 2.27. The van der Waals surface area contributed by atoms with Gasteiger partial charge in [-0.25, -0.2) is 5.10 Å². The van der Waals surface area contributed by atoms with Crippen molar-refractivity contribution >= 4 is 11.8 Å².